The van der Waals surface area contributed by atoms with Gasteiger partial charge in [-0.05, 0) is 83.5 Å². The minimum Gasteiger partial charge on any atom is -0.481 e. The Balaban J connectivity index is 0. The smallest absolute Gasteiger partial charge is 0.303 e. The van der Waals surface area contributed by atoms with Crippen LogP contribution in [0.15, 0.2) is 72.9 Å². The van der Waals surface area contributed by atoms with E-state index in [2.05, 4.69) is 86.8 Å². The summed E-state index contributed by atoms with van der Waals surface area (Å²) in [6.07, 6.45) is 46.7. The van der Waals surface area contributed by atoms with Crippen LogP contribution in [0.5, 0.6) is 0 Å². The van der Waals surface area contributed by atoms with Gasteiger partial charge in [0.2, 0.25) is 0 Å². The number of allylic oxidation sites excluding steroid dienone is 12. The van der Waals surface area contributed by atoms with Gasteiger partial charge in [0.25, 0.3) is 0 Å². The summed E-state index contributed by atoms with van der Waals surface area (Å²) in [5, 5.41) is 17.0. The van der Waals surface area contributed by atoms with Gasteiger partial charge in [-0.1, -0.05) is 119 Å². The molecule has 0 amide bonds. The van der Waals surface area contributed by atoms with E-state index in [0.29, 0.717) is 6.42 Å². The van der Waals surface area contributed by atoms with Crippen molar-refractivity contribution in [2.75, 3.05) is 0 Å². The maximum atomic E-state index is 10.3. The molecule has 228 valence electrons. The zero-order valence-corrected chi connectivity index (χ0v) is 25.8. The fraction of sp³-hybridized carbons (Fsp3) is 0.611. The Bertz CT molecular complexity index is 725. The molecule has 0 unspecified atom stereocenters. The second-order valence-electron chi connectivity index (χ2n) is 10.1. The summed E-state index contributed by atoms with van der Waals surface area (Å²) in [6, 6.07) is 0. The molecular weight excluding hydrogens is 496 g/mol. The predicted molar refractivity (Wildman–Crippen MR) is 174 cm³/mol. The lowest BCUT2D eigenvalue weighted by Crippen LogP contribution is -1.92. The lowest BCUT2D eigenvalue weighted by Gasteiger charge is -1.93. The first-order valence-electron chi connectivity index (χ1n) is 15.9. The van der Waals surface area contributed by atoms with E-state index in [-0.39, 0.29) is 6.42 Å². The molecule has 2 N–H and O–H groups in total. The average molecular weight is 557 g/mol. The molecule has 0 radical (unpaired) electrons. The Hall–Kier alpha value is -2.62. The second kappa shape index (κ2) is 36.4. The standard InChI is InChI=1S/2C18H30O2/c2*1-2-3-4-5-6-7-8-9-10-11-12-13-14-15-16-17-18(19)20/h7-10,12-13H,2-6,11,14-17H2,1H3,(H,19,20);6-7,9-10,12-13H,2-5,8,11,14-17H2,1H3,(H,19,20)/b8-7-,10-9-,13-12-;7-6-,10-9-,13-12-. The van der Waals surface area contributed by atoms with Crippen LogP contribution in [-0.4, -0.2) is 22.2 Å². The normalized spacial score (nSPS) is 12.1. The van der Waals surface area contributed by atoms with Gasteiger partial charge in [-0.15, -0.1) is 0 Å². The molecule has 40 heavy (non-hydrogen) atoms. The van der Waals surface area contributed by atoms with Crippen molar-refractivity contribution in [2.24, 2.45) is 0 Å². The summed E-state index contributed by atoms with van der Waals surface area (Å²) in [4.78, 5) is 20.6. The van der Waals surface area contributed by atoms with E-state index in [1.54, 1.807) is 0 Å². The van der Waals surface area contributed by atoms with Crippen LogP contribution >= 0.6 is 0 Å². The van der Waals surface area contributed by atoms with E-state index >= 15 is 0 Å². The van der Waals surface area contributed by atoms with Crippen LogP contribution in [0.4, 0.5) is 0 Å². The van der Waals surface area contributed by atoms with E-state index in [4.69, 9.17) is 10.2 Å². The highest BCUT2D eigenvalue weighted by Crippen LogP contribution is 2.04. The topological polar surface area (TPSA) is 74.6 Å². The maximum absolute atomic E-state index is 10.3. The lowest BCUT2D eigenvalue weighted by molar-refractivity contribution is -0.138. The highest BCUT2D eigenvalue weighted by atomic mass is 16.4. The summed E-state index contributed by atoms with van der Waals surface area (Å²) in [6.45, 7) is 4.46. The van der Waals surface area contributed by atoms with E-state index in [1.165, 1.54) is 57.8 Å². The van der Waals surface area contributed by atoms with Crippen molar-refractivity contribution in [1.82, 2.24) is 0 Å². The first-order valence-corrected chi connectivity index (χ1v) is 15.9. The lowest BCUT2D eigenvalue weighted by atomic mass is 10.1. The molecule has 0 saturated heterocycles. The SMILES string of the molecule is CCCCC/C=C\C/C=C\C/C=C\CCCCC(=O)O.CCCCCC/C=C\C=C/C/C=C\CCCCC(=O)O. The van der Waals surface area contributed by atoms with Crippen LogP contribution in [0.25, 0.3) is 0 Å². The Labute approximate surface area is 246 Å². The fourth-order valence-electron chi connectivity index (χ4n) is 3.68. The van der Waals surface area contributed by atoms with Crippen molar-refractivity contribution in [2.45, 2.75) is 142 Å². The number of hydrogen-bond donors (Lipinski definition) is 2. The molecule has 4 nitrogen and oxygen atoms in total. The van der Waals surface area contributed by atoms with Crippen LogP contribution in [0.2, 0.25) is 0 Å². The molecule has 0 heterocycles. The Kier molecular flexibility index (Phi) is 35.9. The van der Waals surface area contributed by atoms with Gasteiger partial charge >= 0.3 is 11.9 Å². The molecule has 0 aliphatic rings. The van der Waals surface area contributed by atoms with Gasteiger partial charge < -0.3 is 10.2 Å². The minimum absolute atomic E-state index is 0.288. The van der Waals surface area contributed by atoms with Crippen molar-refractivity contribution >= 4 is 11.9 Å². The van der Waals surface area contributed by atoms with Gasteiger partial charge in [0, 0.05) is 12.8 Å². The third-order valence-electron chi connectivity index (χ3n) is 6.09. The summed E-state index contributed by atoms with van der Waals surface area (Å²) >= 11 is 0. The molecule has 0 aromatic carbocycles. The van der Waals surface area contributed by atoms with Crippen LogP contribution in [0.3, 0.4) is 0 Å². The molecule has 0 aromatic heterocycles. The molecule has 0 aromatic rings. The number of rotatable bonds is 26. The molecule has 0 saturated carbocycles. The number of carboxylic acid groups (broad SMARTS) is 2. The minimum atomic E-state index is -0.696. The molecule has 0 aliphatic carbocycles. The second-order valence-corrected chi connectivity index (χ2v) is 10.1. The number of carbonyl (C=O) groups is 2. The van der Waals surface area contributed by atoms with Gasteiger partial charge in [0.1, 0.15) is 0 Å². The molecule has 0 aliphatic heterocycles. The molecule has 0 spiro atoms. The van der Waals surface area contributed by atoms with Gasteiger partial charge in [0.15, 0.2) is 0 Å². The van der Waals surface area contributed by atoms with Gasteiger partial charge in [-0.3, -0.25) is 9.59 Å². The molecule has 0 fully saturated rings. The number of unbranched alkanes of at least 4 members (excludes halogenated alkanes) is 11. The van der Waals surface area contributed by atoms with Gasteiger partial charge in [-0.2, -0.15) is 0 Å². The molecular formula is C36H60O4. The summed E-state index contributed by atoms with van der Waals surface area (Å²) < 4.78 is 0. The van der Waals surface area contributed by atoms with Crippen molar-refractivity contribution in [3.05, 3.63) is 72.9 Å². The maximum Gasteiger partial charge on any atom is 0.303 e. The fourth-order valence-corrected chi connectivity index (χ4v) is 3.68. The van der Waals surface area contributed by atoms with E-state index < -0.39 is 11.9 Å². The highest BCUT2D eigenvalue weighted by molar-refractivity contribution is 5.66. The first kappa shape index (κ1) is 39.5. The summed E-state index contributed by atoms with van der Waals surface area (Å²) in [5.41, 5.74) is 0. The Morgan fingerprint density at radius 2 is 0.775 bits per heavy atom. The zero-order chi connectivity index (χ0) is 29.8. The number of carboxylic acids is 2. The molecule has 0 rings (SSSR count). The number of hydrogen-bond acceptors (Lipinski definition) is 2. The van der Waals surface area contributed by atoms with Crippen LogP contribution in [0, 0.1) is 0 Å². The average Bonchev–Trinajstić information content (AvgIpc) is 2.93. The van der Waals surface area contributed by atoms with Crippen LogP contribution in [0.1, 0.15) is 142 Å². The van der Waals surface area contributed by atoms with Crippen molar-refractivity contribution in [3.8, 4) is 0 Å². The predicted octanol–water partition coefficient (Wildman–Crippen LogP) is 11.3. The third-order valence-corrected chi connectivity index (χ3v) is 6.09. The van der Waals surface area contributed by atoms with Gasteiger partial charge in [-0.25, -0.2) is 0 Å². The summed E-state index contributed by atoms with van der Waals surface area (Å²) in [5.74, 6) is -1.39. The zero-order valence-electron chi connectivity index (χ0n) is 25.8. The summed E-state index contributed by atoms with van der Waals surface area (Å²) in [7, 11) is 0. The monoisotopic (exact) mass is 556 g/mol. The largest absolute Gasteiger partial charge is 0.481 e. The number of aliphatic carboxylic acids is 2. The molecule has 4 heteroatoms. The Morgan fingerprint density at radius 3 is 1.25 bits per heavy atom. The quantitative estimate of drug-likeness (QED) is 0.0631. The highest BCUT2D eigenvalue weighted by Gasteiger charge is 1.94. The van der Waals surface area contributed by atoms with Crippen molar-refractivity contribution in [1.29, 1.82) is 0 Å². The van der Waals surface area contributed by atoms with Gasteiger partial charge in [0.05, 0.1) is 0 Å². The Morgan fingerprint density at radius 1 is 0.425 bits per heavy atom. The van der Waals surface area contributed by atoms with E-state index in [9.17, 15) is 9.59 Å². The van der Waals surface area contributed by atoms with E-state index in [0.717, 1.165) is 57.8 Å². The third kappa shape index (κ3) is 42.5. The van der Waals surface area contributed by atoms with Crippen molar-refractivity contribution in [3.63, 3.8) is 0 Å². The van der Waals surface area contributed by atoms with Crippen LogP contribution < -0.4 is 0 Å². The van der Waals surface area contributed by atoms with Crippen LogP contribution in [-0.2, 0) is 9.59 Å². The van der Waals surface area contributed by atoms with Crippen molar-refractivity contribution < 1.29 is 19.8 Å². The molecule has 0 bridgehead atoms. The van der Waals surface area contributed by atoms with E-state index in [1.807, 2.05) is 0 Å². The molecule has 0 atom stereocenters. The first-order chi connectivity index (χ1) is 19.5.